The van der Waals surface area contributed by atoms with E-state index in [0.717, 1.165) is 11.3 Å². The van der Waals surface area contributed by atoms with Crippen LogP contribution < -0.4 is 0 Å². The van der Waals surface area contributed by atoms with Crippen molar-refractivity contribution in [3.8, 4) is 0 Å². The predicted octanol–water partition coefficient (Wildman–Crippen LogP) is 2.29. The number of hydrogen-bond donors (Lipinski definition) is 0. The van der Waals surface area contributed by atoms with E-state index in [-0.39, 0.29) is 0 Å². The fourth-order valence-corrected chi connectivity index (χ4v) is 1.62. The van der Waals surface area contributed by atoms with Crippen molar-refractivity contribution in [1.82, 2.24) is 14.5 Å². The van der Waals surface area contributed by atoms with Crippen LogP contribution in [0.25, 0.3) is 0 Å². The Labute approximate surface area is 87.4 Å². The Bertz CT molecular complexity index is 403. The van der Waals surface area contributed by atoms with Gasteiger partial charge in [0.15, 0.2) is 0 Å². The van der Waals surface area contributed by atoms with Crippen molar-refractivity contribution in [3.05, 3.63) is 47.3 Å². The maximum atomic E-state index is 5.85. The number of pyridine rings is 1. The molecule has 0 aromatic carbocycles. The summed E-state index contributed by atoms with van der Waals surface area (Å²) in [5, 5.41) is 0.542. The predicted molar refractivity (Wildman–Crippen MR) is 55.3 cm³/mol. The van der Waals surface area contributed by atoms with E-state index in [9.17, 15) is 0 Å². The molecule has 2 aromatic heterocycles. The van der Waals surface area contributed by atoms with Gasteiger partial charge in [0.1, 0.15) is 5.15 Å². The van der Waals surface area contributed by atoms with E-state index >= 15 is 0 Å². The van der Waals surface area contributed by atoms with Gasteiger partial charge in [0.05, 0.1) is 18.6 Å². The smallest absolute Gasteiger partial charge is 0.129 e. The largest absolute Gasteiger partial charge is 0.331 e. The maximum absolute atomic E-state index is 5.85. The first kappa shape index (κ1) is 9.21. The lowest BCUT2D eigenvalue weighted by Crippen LogP contribution is -1.99. The third-order valence-electron chi connectivity index (χ3n) is 1.90. The third kappa shape index (κ3) is 2.12. The summed E-state index contributed by atoms with van der Waals surface area (Å²) in [5.74, 6) is 0. The molecule has 4 heteroatoms. The zero-order valence-electron chi connectivity index (χ0n) is 7.81. The fourth-order valence-electron chi connectivity index (χ4n) is 1.34. The molecule has 0 aliphatic carbocycles. The minimum Gasteiger partial charge on any atom is -0.331 e. The van der Waals surface area contributed by atoms with Gasteiger partial charge in [-0.1, -0.05) is 11.6 Å². The zero-order chi connectivity index (χ0) is 9.97. The Morgan fingerprint density at radius 1 is 1.43 bits per heavy atom. The van der Waals surface area contributed by atoms with Gasteiger partial charge < -0.3 is 4.57 Å². The molecular weight excluding hydrogens is 198 g/mol. The highest BCUT2D eigenvalue weighted by Gasteiger charge is 1.99. The molecule has 0 saturated carbocycles. The lowest BCUT2D eigenvalue weighted by Gasteiger charge is -2.03. The number of halogens is 1. The minimum absolute atomic E-state index is 0.542. The molecule has 14 heavy (non-hydrogen) atoms. The molecule has 0 amide bonds. The van der Waals surface area contributed by atoms with Gasteiger partial charge in [-0.25, -0.2) is 9.97 Å². The van der Waals surface area contributed by atoms with E-state index in [0.29, 0.717) is 11.7 Å². The van der Waals surface area contributed by atoms with Gasteiger partial charge in [0, 0.05) is 12.4 Å². The van der Waals surface area contributed by atoms with Gasteiger partial charge in [-0.15, -0.1) is 0 Å². The molecule has 0 unspecified atom stereocenters. The topological polar surface area (TPSA) is 30.7 Å². The first-order chi connectivity index (χ1) is 6.74. The van der Waals surface area contributed by atoms with E-state index < -0.39 is 0 Å². The molecule has 0 spiro atoms. The maximum Gasteiger partial charge on any atom is 0.129 e. The molecule has 2 aromatic rings. The average molecular weight is 208 g/mol. The highest BCUT2D eigenvalue weighted by molar-refractivity contribution is 6.29. The average Bonchev–Trinajstić information content (AvgIpc) is 2.54. The van der Waals surface area contributed by atoms with Crippen LogP contribution in [0.1, 0.15) is 11.3 Å². The summed E-state index contributed by atoms with van der Waals surface area (Å²) in [5.41, 5.74) is 2.08. The monoisotopic (exact) mass is 207 g/mol. The minimum atomic E-state index is 0.542. The Morgan fingerprint density at radius 2 is 2.29 bits per heavy atom. The van der Waals surface area contributed by atoms with Crippen LogP contribution in [-0.2, 0) is 6.54 Å². The van der Waals surface area contributed by atoms with Gasteiger partial charge in [0.2, 0.25) is 0 Å². The van der Waals surface area contributed by atoms with Crippen LogP contribution in [0, 0.1) is 6.92 Å². The standard InChI is InChI=1S/C10H10ClN3/c1-8-4-9(13-10(11)5-8)6-14-3-2-12-7-14/h2-5,7H,6H2,1H3. The molecule has 2 heterocycles. The first-order valence-corrected chi connectivity index (χ1v) is 4.70. The summed E-state index contributed by atoms with van der Waals surface area (Å²) < 4.78 is 1.96. The second-order valence-electron chi connectivity index (χ2n) is 3.19. The van der Waals surface area contributed by atoms with Crippen molar-refractivity contribution >= 4 is 11.6 Å². The Morgan fingerprint density at radius 3 is 2.93 bits per heavy atom. The molecule has 0 aliphatic heterocycles. The van der Waals surface area contributed by atoms with E-state index in [1.165, 1.54) is 0 Å². The van der Waals surface area contributed by atoms with Crippen LogP contribution in [0.5, 0.6) is 0 Å². The quantitative estimate of drug-likeness (QED) is 0.708. The molecule has 0 radical (unpaired) electrons. The summed E-state index contributed by atoms with van der Waals surface area (Å²) in [4.78, 5) is 8.19. The van der Waals surface area contributed by atoms with Crippen molar-refractivity contribution in [1.29, 1.82) is 0 Å². The third-order valence-corrected chi connectivity index (χ3v) is 2.09. The van der Waals surface area contributed by atoms with Gasteiger partial charge in [-0.3, -0.25) is 0 Å². The Balaban J connectivity index is 2.25. The van der Waals surface area contributed by atoms with Gasteiger partial charge in [-0.05, 0) is 24.6 Å². The first-order valence-electron chi connectivity index (χ1n) is 4.33. The number of aromatic nitrogens is 3. The van der Waals surface area contributed by atoms with Crippen molar-refractivity contribution in [2.24, 2.45) is 0 Å². The summed E-state index contributed by atoms with van der Waals surface area (Å²) in [7, 11) is 0. The summed E-state index contributed by atoms with van der Waals surface area (Å²) in [6.45, 7) is 2.71. The SMILES string of the molecule is Cc1cc(Cl)nc(Cn2ccnc2)c1. The Hall–Kier alpha value is -1.35. The highest BCUT2D eigenvalue weighted by atomic mass is 35.5. The van der Waals surface area contributed by atoms with E-state index in [1.807, 2.05) is 29.8 Å². The Kier molecular flexibility index (Phi) is 2.50. The molecule has 0 fully saturated rings. The van der Waals surface area contributed by atoms with Crippen LogP contribution in [0.2, 0.25) is 5.15 Å². The van der Waals surface area contributed by atoms with Gasteiger partial charge in [0.25, 0.3) is 0 Å². The summed E-state index contributed by atoms with van der Waals surface area (Å²) >= 11 is 5.85. The lowest BCUT2D eigenvalue weighted by molar-refractivity contribution is 0.772. The van der Waals surface area contributed by atoms with Crippen LogP contribution in [0.4, 0.5) is 0 Å². The summed E-state index contributed by atoms with van der Waals surface area (Å²) in [6.07, 6.45) is 5.41. The molecule has 0 aliphatic rings. The molecular formula is C10H10ClN3. The lowest BCUT2D eigenvalue weighted by atomic mass is 10.2. The molecule has 72 valence electrons. The number of nitrogens with zero attached hydrogens (tertiary/aromatic N) is 3. The number of hydrogen-bond acceptors (Lipinski definition) is 2. The number of aryl methyl sites for hydroxylation is 1. The van der Waals surface area contributed by atoms with E-state index in [2.05, 4.69) is 9.97 Å². The highest BCUT2D eigenvalue weighted by Crippen LogP contribution is 2.10. The van der Waals surface area contributed by atoms with Crippen molar-refractivity contribution in [3.63, 3.8) is 0 Å². The van der Waals surface area contributed by atoms with Gasteiger partial charge >= 0.3 is 0 Å². The summed E-state index contributed by atoms with van der Waals surface area (Å²) in [6, 6.07) is 3.87. The zero-order valence-corrected chi connectivity index (χ0v) is 8.57. The van der Waals surface area contributed by atoms with E-state index in [4.69, 9.17) is 11.6 Å². The second kappa shape index (κ2) is 3.80. The molecule has 0 atom stereocenters. The molecule has 2 rings (SSSR count). The van der Waals surface area contributed by atoms with Crippen LogP contribution in [0.15, 0.2) is 30.9 Å². The normalized spacial score (nSPS) is 10.4. The van der Waals surface area contributed by atoms with Crippen molar-refractivity contribution < 1.29 is 0 Å². The van der Waals surface area contributed by atoms with E-state index in [1.54, 1.807) is 12.5 Å². The van der Waals surface area contributed by atoms with Crippen molar-refractivity contribution in [2.75, 3.05) is 0 Å². The second-order valence-corrected chi connectivity index (χ2v) is 3.58. The molecule has 3 nitrogen and oxygen atoms in total. The van der Waals surface area contributed by atoms with Crippen molar-refractivity contribution in [2.45, 2.75) is 13.5 Å². The van der Waals surface area contributed by atoms with Gasteiger partial charge in [-0.2, -0.15) is 0 Å². The fraction of sp³-hybridized carbons (Fsp3) is 0.200. The molecule has 0 N–H and O–H groups in total. The number of rotatable bonds is 2. The van der Waals surface area contributed by atoms with Crippen LogP contribution in [-0.4, -0.2) is 14.5 Å². The molecule has 0 saturated heterocycles. The number of imidazole rings is 1. The molecule has 0 bridgehead atoms. The van der Waals surface area contributed by atoms with Crippen LogP contribution >= 0.6 is 11.6 Å². The van der Waals surface area contributed by atoms with Crippen LogP contribution in [0.3, 0.4) is 0 Å².